The summed E-state index contributed by atoms with van der Waals surface area (Å²) in [6, 6.07) is 18.8. The molecule has 2 aromatic rings. The zero-order valence-corrected chi connectivity index (χ0v) is 13.9. The SMILES string of the molecule is [2H]C(C(=O)N1C(=[Se])O[C@@H](c2ccccc2)[C@H]1C)c1ccccc1. The minimum atomic E-state index is -0.958. The Morgan fingerprint density at radius 3 is 2.41 bits per heavy atom. The first-order chi connectivity index (χ1) is 11.1. The van der Waals surface area contributed by atoms with E-state index in [1.807, 2.05) is 55.5 Å². The van der Waals surface area contributed by atoms with Crippen molar-refractivity contribution < 1.29 is 10.9 Å². The molecule has 0 bridgehead atoms. The van der Waals surface area contributed by atoms with E-state index in [9.17, 15) is 4.79 Å². The summed E-state index contributed by atoms with van der Waals surface area (Å²) in [5.41, 5.74) is 1.70. The molecule has 0 spiro atoms. The molecule has 22 heavy (non-hydrogen) atoms. The summed E-state index contributed by atoms with van der Waals surface area (Å²) < 4.78 is 14.6. The third-order valence-corrected chi connectivity index (χ3v) is 4.34. The standard InChI is InChI=1S/C18H17NO2Se/c1-13-17(15-10-6-3-7-11-15)21-18(22)19(13)16(20)12-14-8-4-2-5-9-14/h2-11,13,17H,12H2,1H3/t13-,17-/m1/s1/i12D/t12?,13-,17-. The van der Waals surface area contributed by atoms with Crippen LogP contribution in [0.5, 0.6) is 0 Å². The molecule has 3 atom stereocenters. The van der Waals surface area contributed by atoms with Crippen LogP contribution >= 0.6 is 0 Å². The van der Waals surface area contributed by atoms with Gasteiger partial charge in [-0.15, -0.1) is 0 Å². The van der Waals surface area contributed by atoms with Crippen LogP contribution < -0.4 is 0 Å². The second-order valence-corrected chi connectivity index (χ2v) is 5.95. The van der Waals surface area contributed by atoms with Crippen LogP contribution in [0, 0.1) is 0 Å². The summed E-state index contributed by atoms with van der Waals surface area (Å²) >= 11 is 2.82. The predicted molar refractivity (Wildman–Crippen MR) is 87.5 cm³/mol. The van der Waals surface area contributed by atoms with Crippen molar-refractivity contribution >= 4 is 26.2 Å². The molecule has 1 heterocycles. The van der Waals surface area contributed by atoms with Gasteiger partial charge in [0, 0.05) is 0 Å². The normalized spacial score (nSPS) is 22.9. The van der Waals surface area contributed by atoms with Gasteiger partial charge in [-0.2, -0.15) is 0 Å². The van der Waals surface area contributed by atoms with Crippen molar-refractivity contribution in [3.63, 3.8) is 0 Å². The van der Waals surface area contributed by atoms with Crippen molar-refractivity contribution in [2.75, 3.05) is 0 Å². The van der Waals surface area contributed by atoms with Crippen molar-refractivity contribution in [3.05, 3.63) is 71.8 Å². The van der Waals surface area contributed by atoms with E-state index in [2.05, 4.69) is 15.6 Å². The van der Waals surface area contributed by atoms with Crippen LogP contribution in [0.15, 0.2) is 60.7 Å². The first-order valence-corrected chi connectivity index (χ1v) is 8.01. The van der Waals surface area contributed by atoms with Crippen LogP contribution in [0.25, 0.3) is 0 Å². The first-order valence-electron chi connectivity index (χ1n) is 7.73. The molecule has 1 saturated heterocycles. The monoisotopic (exact) mass is 360 g/mol. The number of amides is 1. The molecule has 1 aliphatic rings. The van der Waals surface area contributed by atoms with Crippen LogP contribution in [0.2, 0.25) is 0 Å². The van der Waals surface area contributed by atoms with Gasteiger partial charge >= 0.3 is 139 Å². The fraction of sp³-hybridized carbons (Fsp3) is 0.222. The fourth-order valence-corrected chi connectivity index (χ4v) is 3.36. The Bertz CT molecular complexity index is 707. The summed E-state index contributed by atoms with van der Waals surface area (Å²) in [4.78, 5) is 14.3. The molecule has 3 nitrogen and oxygen atoms in total. The van der Waals surface area contributed by atoms with Crippen LogP contribution in [0.3, 0.4) is 0 Å². The third kappa shape index (κ3) is 2.99. The quantitative estimate of drug-likeness (QED) is 0.788. The van der Waals surface area contributed by atoms with Gasteiger partial charge in [-0.3, -0.25) is 0 Å². The molecular formula is C18H17NO2Se. The third-order valence-electron chi connectivity index (χ3n) is 3.73. The molecule has 0 saturated carbocycles. The number of carbonyl (C=O) groups is 1. The van der Waals surface area contributed by atoms with E-state index >= 15 is 0 Å². The van der Waals surface area contributed by atoms with Crippen LogP contribution in [-0.2, 0) is 15.9 Å². The molecule has 2 aromatic carbocycles. The fourth-order valence-electron chi connectivity index (χ4n) is 2.61. The van der Waals surface area contributed by atoms with Crippen molar-refractivity contribution in [2.45, 2.75) is 25.5 Å². The maximum atomic E-state index is 12.8. The number of rotatable bonds is 3. The predicted octanol–water partition coefficient (Wildman–Crippen LogP) is 2.47. The average Bonchev–Trinajstić information content (AvgIpc) is 2.89. The maximum absolute atomic E-state index is 12.8. The number of nitrogens with zero attached hydrogens (tertiary/aromatic N) is 1. The topological polar surface area (TPSA) is 29.5 Å². The van der Waals surface area contributed by atoms with E-state index in [0.717, 1.165) is 5.56 Å². The van der Waals surface area contributed by atoms with Crippen molar-refractivity contribution in [3.8, 4) is 0 Å². The summed E-state index contributed by atoms with van der Waals surface area (Å²) in [7, 11) is 0. The molecule has 1 aliphatic heterocycles. The van der Waals surface area contributed by atoms with Gasteiger partial charge in [-0.1, -0.05) is 0 Å². The molecule has 3 rings (SSSR count). The Morgan fingerprint density at radius 1 is 1.18 bits per heavy atom. The summed E-state index contributed by atoms with van der Waals surface area (Å²) in [6.45, 7) is 1.94. The Labute approximate surface area is 139 Å². The molecule has 4 heteroatoms. The Balaban J connectivity index is 1.83. The van der Waals surface area contributed by atoms with E-state index in [1.54, 1.807) is 17.0 Å². The molecule has 0 aliphatic carbocycles. The summed E-state index contributed by atoms with van der Waals surface area (Å²) in [5.74, 6) is -0.282. The van der Waals surface area contributed by atoms with Gasteiger partial charge in [0.15, 0.2) is 0 Å². The Hall–Kier alpha value is -1.90. The van der Waals surface area contributed by atoms with Crippen LogP contribution in [0.1, 0.15) is 25.5 Å². The number of carbonyl (C=O) groups excluding carboxylic acids is 1. The first kappa shape index (κ1) is 13.7. The van der Waals surface area contributed by atoms with Crippen LogP contribution in [-0.4, -0.2) is 37.2 Å². The molecule has 1 amide bonds. The summed E-state index contributed by atoms with van der Waals surface area (Å²) in [6.07, 6.45) is -1.18. The van der Waals surface area contributed by atoms with E-state index in [1.165, 1.54) is 0 Å². The van der Waals surface area contributed by atoms with E-state index in [-0.39, 0.29) is 18.1 Å². The van der Waals surface area contributed by atoms with E-state index in [4.69, 9.17) is 6.11 Å². The number of hydrogen-bond acceptors (Lipinski definition) is 2. The Morgan fingerprint density at radius 2 is 1.77 bits per heavy atom. The van der Waals surface area contributed by atoms with Gasteiger partial charge in [-0.05, 0) is 0 Å². The zero-order valence-electron chi connectivity index (χ0n) is 13.2. The van der Waals surface area contributed by atoms with Gasteiger partial charge in [-0.25, -0.2) is 0 Å². The van der Waals surface area contributed by atoms with Gasteiger partial charge in [0.25, 0.3) is 0 Å². The van der Waals surface area contributed by atoms with Gasteiger partial charge in [0.05, 0.1) is 0 Å². The van der Waals surface area contributed by atoms with Crippen molar-refractivity contribution in [1.29, 1.82) is 0 Å². The molecule has 112 valence electrons. The minimum absolute atomic E-state index is 0.169. The molecule has 1 fully saturated rings. The number of hydrogen-bond donors (Lipinski definition) is 0. The number of benzene rings is 2. The van der Waals surface area contributed by atoms with Gasteiger partial charge in [0.2, 0.25) is 0 Å². The molecule has 0 N–H and O–H groups in total. The second-order valence-electron chi connectivity index (χ2n) is 5.22. The average molecular weight is 359 g/mol. The van der Waals surface area contributed by atoms with E-state index in [0.29, 0.717) is 10.3 Å². The van der Waals surface area contributed by atoms with Gasteiger partial charge < -0.3 is 0 Å². The summed E-state index contributed by atoms with van der Waals surface area (Å²) in [5, 5.41) is 0. The van der Waals surface area contributed by atoms with Gasteiger partial charge in [0.1, 0.15) is 0 Å². The molecular weight excluding hydrogens is 341 g/mol. The molecule has 0 aromatic heterocycles. The van der Waals surface area contributed by atoms with Crippen LogP contribution in [0.4, 0.5) is 0 Å². The Kier molecular flexibility index (Phi) is 4.04. The second kappa shape index (κ2) is 6.47. The van der Waals surface area contributed by atoms with E-state index < -0.39 is 6.40 Å². The molecule has 0 radical (unpaired) electrons. The van der Waals surface area contributed by atoms with Crippen molar-refractivity contribution in [2.24, 2.45) is 0 Å². The molecule has 1 unspecified atom stereocenters. The number of ether oxygens (including phenoxy) is 1. The zero-order chi connectivity index (χ0) is 16.4. The van der Waals surface area contributed by atoms with Crippen molar-refractivity contribution in [1.82, 2.24) is 4.90 Å².